The fourth-order valence-corrected chi connectivity index (χ4v) is 2.37. The van der Waals surface area contributed by atoms with Crippen molar-refractivity contribution in [1.29, 1.82) is 0 Å². The van der Waals surface area contributed by atoms with E-state index in [-0.39, 0.29) is 12.5 Å². The van der Waals surface area contributed by atoms with E-state index in [1.807, 2.05) is 36.4 Å². The number of hydrogen-bond acceptors (Lipinski definition) is 3. The highest BCUT2D eigenvalue weighted by atomic mass is 16.3. The van der Waals surface area contributed by atoms with Gasteiger partial charge in [-0.2, -0.15) is 0 Å². The smallest absolute Gasteiger partial charge is 0.253 e. The molecular weight excluding hydrogens is 278 g/mol. The molecule has 0 bridgehead atoms. The van der Waals surface area contributed by atoms with Crippen LogP contribution < -0.4 is 5.32 Å². The summed E-state index contributed by atoms with van der Waals surface area (Å²) in [5.41, 5.74) is 1.63. The lowest BCUT2D eigenvalue weighted by Crippen LogP contribution is -2.33. The Labute approximate surface area is 130 Å². The lowest BCUT2D eigenvalue weighted by atomic mass is 9.96. The summed E-state index contributed by atoms with van der Waals surface area (Å²) in [6, 6.07) is 18.6. The van der Waals surface area contributed by atoms with Gasteiger partial charge in [0.1, 0.15) is 0 Å². The van der Waals surface area contributed by atoms with Crippen molar-refractivity contribution in [3.63, 3.8) is 0 Å². The molecule has 4 heteroatoms. The SMILES string of the molecule is O=C(NCC(CCO)c1ccccc1)C(O)c1ccccc1. The van der Waals surface area contributed by atoms with E-state index in [9.17, 15) is 15.0 Å². The first-order chi connectivity index (χ1) is 10.7. The number of amides is 1. The largest absolute Gasteiger partial charge is 0.396 e. The zero-order valence-corrected chi connectivity index (χ0v) is 12.4. The molecule has 0 fully saturated rings. The van der Waals surface area contributed by atoms with Crippen molar-refractivity contribution in [1.82, 2.24) is 5.32 Å². The van der Waals surface area contributed by atoms with Crippen molar-refractivity contribution >= 4 is 5.91 Å². The second-order valence-corrected chi connectivity index (χ2v) is 5.18. The fourth-order valence-electron chi connectivity index (χ4n) is 2.37. The van der Waals surface area contributed by atoms with E-state index in [2.05, 4.69) is 5.32 Å². The van der Waals surface area contributed by atoms with E-state index in [1.165, 1.54) is 0 Å². The summed E-state index contributed by atoms with van der Waals surface area (Å²) in [5.74, 6) is -0.400. The maximum atomic E-state index is 12.1. The molecule has 0 aliphatic heterocycles. The normalized spacial score (nSPS) is 13.4. The van der Waals surface area contributed by atoms with Crippen molar-refractivity contribution in [3.8, 4) is 0 Å². The molecule has 0 radical (unpaired) electrons. The second kappa shape index (κ2) is 8.32. The van der Waals surface area contributed by atoms with Gasteiger partial charge in [0.05, 0.1) is 0 Å². The number of carbonyl (C=O) groups is 1. The van der Waals surface area contributed by atoms with Crippen LogP contribution in [0.1, 0.15) is 29.6 Å². The number of aliphatic hydroxyl groups excluding tert-OH is 2. The minimum Gasteiger partial charge on any atom is -0.396 e. The molecule has 2 unspecified atom stereocenters. The van der Waals surface area contributed by atoms with Crippen LogP contribution in [0.3, 0.4) is 0 Å². The third-order valence-electron chi connectivity index (χ3n) is 3.63. The molecule has 0 saturated heterocycles. The Morgan fingerprint density at radius 1 is 0.955 bits per heavy atom. The van der Waals surface area contributed by atoms with Gasteiger partial charge in [-0.1, -0.05) is 60.7 Å². The van der Waals surface area contributed by atoms with Crippen LogP contribution in [0.5, 0.6) is 0 Å². The van der Waals surface area contributed by atoms with Gasteiger partial charge in [0.2, 0.25) is 0 Å². The highest BCUT2D eigenvalue weighted by molar-refractivity contribution is 5.81. The quantitative estimate of drug-likeness (QED) is 0.732. The molecule has 0 aromatic heterocycles. The average molecular weight is 299 g/mol. The molecule has 22 heavy (non-hydrogen) atoms. The van der Waals surface area contributed by atoms with Gasteiger partial charge in [-0.3, -0.25) is 4.79 Å². The van der Waals surface area contributed by atoms with Gasteiger partial charge in [0.25, 0.3) is 5.91 Å². The summed E-state index contributed by atoms with van der Waals surface area (Å²) < 4.78 is 0. The number of hydrogen-bond donors (Lipinski definition) is 3. The number of benzene rings is 2. The summed E-state index contributed by atoms with van der Waals surface area (Å²) in [6.45, 7) is 0.434. The van der Waals surface area contributed by atoms with Crippen LogP contribution in [0.4, 0.5) is 0 Å². The second-order valence-electron chi connectivity index (χ2n) is 5.18. The van der Waals surface area contributed by atoms with E-state index >= 15 is 0 Å². The van der Waals surface area contributed by atoms with Gasteiger partial charge in [-0.25, -0.2) is 0 Å². The first-order valence-electron chi connectivity index (χ1n) is 7.39. The molecule has 0 spiro atoms. The Balaban J connectivity index is 1.96. The Kier molecular flexibility index (Phi) is 6.13. The summed E-state index contributed by atoms with van der Waals surface area (Å²) in [7, 11) is 0. The topological polar surface area (TPSA) is 69.6 Å². The monoisotopic (exact) mass is 299 g/mol. The van der Waals surface area contributed by atoms with Crippen LogP contribution >= 0.6 is 0 Å². The summed E-state index contributed by atoms with van der Waals surface area (Å²) >= 11 is 0. The Bertz CT molecular complexity index is 571. The molecule has 0 saturated carbocycles. The van der Waals surface area contributed by atoms with E-state index < -0.39 is 12.0 Å². The molecule has 4 nitrogen and oxygen atoms in total. The third kappa shape index (κ3) is 4.41. The third-order valence-corrected chi connectivity index (χ3v) is 3.63. The van der Waals surface area contributed by atoms with Crippen molar-refractivity contribution in [3.05, 3.63) is 71.8 Å². The lowest BCUT2D eigenvalue weighted by molar-refractivity contribution is -0.129. The number of carbonyl (C=O) groups excluding carboxylic acids is 1. The van der Waals surface area contributed by atoms with Gasteiger partial charge in [-0.15, -0.1) is 0 Å². The standard InChI is InChI=1S/C18H21NO3/c20-12-11-16(14-7-3-1-4-8-14)13-19-18(22)17(21)15-9-5-2-6-10-15/h1-10,16-17,20-21H,11-13H2,(H,19,22). The summed E-state index contributed by atoms with van der Waals surface area (Å²) in [4.78, 5) is 12.1. The Morgan fingerprint density at radius 3 is 2.05 bits per heavy atom. The molecule has 2 aromatic carbocycles. The minimum atomic E-state index is -1.17. The Hall–Kier alpha value is -2.17. The summed E-state index contributed by atoms with van der Waals surface area (Å²) in [6.07, 6.45) is -0.613. The molecule has 2 aromatic rings. The zero-order chi connectivity index (χ0) is 15.8. The van der Waals surface area contributed by atoms with E-state index in [0.29, 0.717) is 18.5 Å². The maximum Gasteiger partial charge on any atom is 0.253 e. The van der Waals surface area contributed by atoms with Gasteiger partial charge in [-0.05, 0) is 17.5 Å². The first-order valence-corrected chi connectivity index (χ1v) is 7.39. The van der Waals surface area contributed by atoms with Gasteiger partial charge >= 0.3 is 0 Å². The molecule has 2 rings (SSSR count). The predicted octanol–water partition coefficient (Wildman–Crippen LogP) is 2.00. The highest BCUT2D eigenvalue weighted by Gasteiger charge is 2.19. The van der Waals surface area contributed by atoms with Gasteiger partial charge in [0, 0.05) is 19.1 Å². The number of aliphatic hydroxyl groups is 2. The maximum absolute atomic E-state index is 12.1. The first kappa shape index (κ1) is 16.2. The van der Waals surface area contributed by atoms with Crippen LogP contribution in [0, 0.1) is 0 Å². The highest BCUT2D eigenvalue weighted by Crippen LogP contribution is 2.19. The zero-order valence-electron chi connectivity index (χ0n) is 12.4. The molecule has 116 valence electrons. The van der Waals surface area contributed by atoms with Crippen LogP contribution in [0.15, 0.2) is 60.7 Å². The average Bonchev–Trinajstić information content (AvgIpc) is 2.59. The van der Waals surface area contributed by atoms with Crippen LogP contribution in [0.25, 0.3) is 0 Å². The molecule has 3 N–H and O–H groups in total. The van der Waals surface area contributed by atoms with Crippen molar-refractivity contribution in [2.24, 2.45) is 0 Å². The van der Waals surface area contributed by atoms with Crippen molar-refractivity contribution in [2.75, 3.05) is 13.2 Å². The lowest BCUT2D eigenvalue weighted by Gasteiger charge is -2.18. The van der Waals surface area contributed by atoms with Gasteiger partial charge in [0.15, 0.2) is 6.10 Å². The minimum absolute atomic E-state index is 0.0260. The van der Waals surface area contributed by atoms with E-state index in [1.54, 1.807) is 24.3 Å². The molecule has 0 aliphatic carbocycles. The Morgan fingerprint density at radius 2 is 1.50 bits per heavy atom. The van der Waals surface area contributed by atoms with Crippen LogP contribution in [-0.4, -0.2) is 29.3 Å². The van der Waals surface area contributed by atoms with Crippen LogP contribution in [0.2, 0.25) is 0 Å². The van der Waals surface area contributed by atoms with Crippen molar-refractivity contribution in [2.45, 2.75) is 18.4 Å². The molecule has 0 aliphatic rings. The molecule has 1 amide bonds. The molecule has 2 atom stereocenters. The number of nitrogens with one attached hydrogen (secondary N) is 1. The van der Waals surface area contributed by atoms with Crippen LogP contribution in [-0.2, 0) is 4.79 Å². The number of rotatable bonds is 7. The molecule has 0 heterocycles. The van der Waals surface area contributed by atoms with Crippen molar-refractivity contribution < 1.29 is 15.0 Å². The van der Waals surface area contributed by atoms with E-state index in [0.717, 1.165) is 5.56 Å². The molecular formula is C18H21NO3. The van der Waals surface area contributed by atoms with Gasteiger partial charge < -0.3 is 15.5 Å². The summed E-state index contributed by atoms with van der Waals surface area (Å²) in [5, 5.41) is 22.0. The predicted molar refractivity (Wildman–Crippen MR) is 85.3 cm³/mol. The fraction of sp³-hybridized carbons (Fsp3) is 0.278. The van der Waals surface area contributed by atoms with E-state index in [4.69, 9.17) is 0 Å².